The van der Waals surface area contributed by atoms with Gasteiger partial charge in [0.15, 0.2) is 0 Å². The van der Waals surface area contributed by atoms with Gasteiger partial charge in [-0.25, -0.2) is 0 Å². The second-order valence-electron chi connectivity index (χ2n) is 16.6. The second kappa shape index (κ2) is 14.2. The summed E-state index contributed by atoms with van der Waals surface area (Å²) in [6.07, 6.45) is 0. The van der Waals surface area contributed by atoms with Gasteiger partial charge in [-0.15, -0.1) is 0 Å². The fraction of sp³-hybridized carbons (Fsp3) is 0. The summed E-state index contributed by atoms with van der Waals surface area (Å²) in [6, 6.07) is 84.0. The molecule has 1 nitrogen and oxygen atoms in total. The molecule has 0 aliphatic carbocycles. The van der Waals surface area contributed by atoms with E-state index < -0.39 is 0 Å². The van der Waals surface area contributed by atoms with Gasteiger partial charge in [0.1, 0.15) is 11.2 Å². The third-order valence-electron chi connectivity index (χ3n) is 13.3. The summed E-state index contributed by atoms with van der Waals surface area (Å²) in [5.74, 6) is 0. The first-order valence-corrected chi connectivity index (χ1v) is 21.8. The molecule has 1 heterocycles. The smallest absolute Gasteiger partial charge is 0.143 e. The molecule has 0 saturated carbocycles. The summed E-state index contributed by atoms with van der Waals surface area (Å²) < 4.78 is 7.14. The summed E-state index contributed by atoms with van der Waals surface area (Å²) in [4.78, 5) is 0. The van der Waals surface area contributed by atoms with Crippen LogP contribution < -0.4 is 0 Å². The molecule has 13 aromatic rings. The normalized spacial score (nSPS) is 11.8. The average molecular weight is 799 g/mol. The monoisotopic (exact) mass is 798 g/mol. The van der Waals surface area contributed by atoms with Crippen LogP contribution in [0.25, 0.3) is 131 Å². The van der Waals surface area contributed by atoms with Gasteiger partial charge in [-0.1, -0.05) is 224 Å². The SMILES string of the molecule is c1ccc(-c2ccc(-c3c4ccccc4c(-c4cccc5c4oc4cccc(-c6c7ccccc7c(-c7ccccc7)c7ccccc67)c45)c4ccccc34)c3ccccc23)cc1. The number of hydrogen-bond donors (Lipinski definition) is 0. The highest BCUT2D eigenvalue weighted by atomic mass is 16.3. The molecule has 0 radical (unpaired) electrons. The number of para-hydroxylation sites is 1. The number of hydrogen-bond acceptors (Lipinski definition) is 1. The van der Waals surface area contributed by atoms with Gasteiger partial charge in [0.2, 0.25) is 0 Å². The van der Waals surface area contributed by atoms with Gasteiger partial charge in [-0.2, -0.15) is 0 Å². The van der Waals surface area contributed by atoms with Gasteiger partial charge < -0.3 is 4.42 Å². The number of fused-ring (bicyclic) bond motifs is 8. The van der Waals surface area contributed by atoms with Crippen molar-refractivity contribution in [2.75, 3.05) is 0 Å². The van der Waals surface area contributed by atoms with Crippen molar-refractivity contribution in [2.45, 2.75) is 0 Å². The molecule has 0 spiro atoms. The Morgan fingerprint density at radius 2 is 0.571 bits per heavy atom. The highest BCUT2D eigenvalue weighted by molar-refractivity contribution is 6.29. The first-order valence-electron chi connectivity index (χ1n) is 21.8. The van der Waals surface area contributed by atoms with Gasteiger partial charge >= 0.3 is 0 Å². The third kappa shape index (κ3) is 5.37. The Kier molecular flexibility index (Phi) is 7.98. The van der Waals surface area contributed by atoms with Crippen molar-refractivity contribution in [3.63, 3.8) is 0 Å². The molecule has 1 heteroatoms. The zero-order valence-corrected chi connectivity index (χ0v) is 34.3. The molecule has 0 bridgehead atoms. The van der Waals surface area contributed by atoms with E-state index in [1.807, 2.05) is 0 Å². The van der Waals surface area contributed by atoms with Crippen molar-refractivity contribution in [1.29, 1.82) is 0 Å². The highest BCUT2D eigenvalue weighted by Crippen LogP contribution is 2.51. The molecule has 0 N–H and O–H groups in total. The molecular weight excluding hydrogens is 761 g/mol. The van der Waals surface area contributed by atoms with Crippen LogP contribution in [0.3, 0.4) is 0 Å². The van der Waals surface area contributed by atoms with E-state index in [0.29, 0.717) is 0 Å². The van der Waals surface area contributed by atoms with E-state index in [2.05, 4.69) is 231 Å². The van der Waals surface area contributed by atoms with Crippen molar-refractivity contribution in [3.8, 4) is 55.6 Å². The Labute approximate surface area is 364 Å². The van der Waals surface area contributed by atoms with Crippen molar-refractivity contribution < 1.29 is 4.42 Å². The Hall–Kier alpha value is -8.26. The maximum atomic E-state index is 7.14. The van der Waals surface area contributed by atoms with Crippen LogP contribution in [0.2, 0.25) is 0 Å². The van der Waals surface area contributed by atoms with E-state index in [0.717, 1.165) is 27.5 Å². The van der Waals surface area contributed by atoms with Gasteiger partial charge in [0.05, 0.1) is 0 Å². The predicted molar refractivity (Wildman–Crippen MR) is 268 cm³/mol. The minimum atomic E-state index is 0.880. The first-order chi connectivity index (χ1) is 31.3. The molecule has 0 fully saturated rings. The fourth-order valence-electron chi connectivity index (χ4n) is 10.7. The molecule has 0 aliphatic heterocycles. The Morgan fingerprint density at radius 3 is 1.11 bits per heavy atom. The molecule has 12 aromatic carbocycles. The second-order valence-corrected chi connectivity index (χ2v) is 16.6. The van der Waals surface area contributed by atoms with E-state index in [1.165, 1.54) is 104 Å². The summed E-state index contributed by atoms with van der Waals surface area (Å²) >= 11 is 0. The lowest BCUT2D eigenvalue weighted by Crippen LogP contribution is -1.92. The molecule has 0 saturated heterocycles. The zero-order chi connectivity index (χ0) is 41.4. The quantitative estimate of drug-likeness (QED) is 0.158. The van der Waals surface area contributed by atoms with E-state index >= 15 is 0 Å². The molecule has 0 unspecified atom stereocenters. The summed E-state index contributed by atoms with van der Waals surface area (Å²) in [5, 5.41) is 14.5. The van der Waals surface area contributed by atoms with Crippen LogP contribution in [0.5, 0.6) is 0 Å². The standard InChI is InChI=1S/C62H38O/c1-3-19-39(20-4-1)41-37-38-52(43-24-8-7-23-42(41)43)58-48-29-13-15-31-50(48)60(51-32-16-14-30-49(51)58)54-34-17-35-55-61-53(33-18-36-56(61)63-62(54)55)59-46-27-11-9-25-44(46)57(40-21-5-2-6-22-40)45-26-10-12-28-47(45)59/h1-38H. The van der Waals surface area contributed by atoms with Gasteiger partial charge in [-0.3, -0.25) is 0 Å². The van der Waals surface area contributed by atoms with Gasteiger partial charge in [-0.05, 0) is 104 Å². The molecule has 0 aliphatic rings. The van der Waals surface area contributed by atoms with Crippen molar-refractivity contribution >= 4 is 75.8 Å². The number of benzene rings is 12. The van der Waals surface area contributed by atoms with E-state index in [9.17, 15) is 0 Å². The van der Waals surface area contributed by atoms with Crippen LogP contribution in [0.15, 0.2) is 235 Å². The molecule has 13 rings (SSSR count). The summed E-state index contributed by atoms with van der Waals surface area (Å²) in [5.41, 5.74) is 13.9. The Morgan fingerprint density at radius 1 is 0.206 bits per heavy atom. The predicted octanol–water partition coefficient (Wildman–Crippen LogP) is 17.7. The number of rotatable bonds is 5. The van der Waals surface area contributed by atoms with Crippen LogP contribution in [-0.4, -0.2) is 0 Å². The van der Waals surface area contributed by atoms with Gasteiger partial charge in [0, 0.05) is 21.9 Å². The fourth-order valence-corrected chi connectivity index (χ4v) is 10.7. The van der Waals surface area contributed by atoms with Crippen molar-refractivity contribution in [2.24, 2.45) is 0 Å². The molecule has 1 aromatic heterocycles. The minimum Gasteiger partial charge on any atom is -0.455 e. The lowest BCUT2D eigenvalue weighted by molar-refractivity contribution is 0.670. The van der Waals surface area contributed by atoms with Crippen molar-refractivity contribution in [1.82, 2.24) is 0 Å². The molecule has 0 amide bonds. The van der Waals surface area contributed by atoms with Crippen LogP contribution in [0, 0.1) is 0 Å². The maximum Gasteiger partial charge on any atom is 0.143 e. The van der Waals surface area contributed by atoms with Crippen LogP contribution in [-0.2, 0) is 0 Å². The third-order valence-corrected chi connectivity index (χ3v) is 13.3. The maximum absolute atomic E-state index is 7.14. The first kappa shape index (κ1) is 35.5. The number of furan rings is 1. The Balaban J connectivity index is 1.09. The van der Waals surface area contributed by atoms with Crippen molar-refractivity contribution in [3.05, 3.63) is 231 Å². The molecule has 292 valence electrons. The largest absolute Gasteiger partial charge is 0.455 e. The van der Waals surface area contributed by atoms with Crippen LogP contribution in [0.1, 0.15) is 0 Å². The summed E-state index contributed by atoms with van der Waals surface area (Å²) in [6.45, 7) is 0. The molecule has 0 atom stereocenters. The van der Waals surface area contributed by atoms with Gasteiger partial charge in [0.25, 0.3) is 0 Å². The average Bonchev–Trinajstić information content (AvgIpc) is 3.75. The highest BCUT2D eigenvalue weighted by Gasteiger charge is 2.24. The van der Waals surface area contributed by atoms with Crippen LogP contribution in [0.4, 0.5) is 0 Å². The van der Waals surface area contributed by atoms with E-state index in [1.54, 1.807) is 0 Å². The lowest BCUT2D eigenvalue weighted by Gasteiger charge is -2.20. The van der Waals surface area contributed by atoms with E-state index in [4.69, 9.17) is 4.42 Å². The van der Waals surface area contributed by atoms with E-state index in [-0.39, 0.29) is 0 Å². The lowest BCUT2D eigenvalue weighted by atomic mass is 9.83. The molecule has 63 heavy (non-hydrogen) atoms. The minimum absolute atomic E-state index is 0.880. The summed E-state index contributed by atoms with van der Waals surface area (Å²) in [7, 11) is 0. The van der Waals surface area contributed by atoms with Crippen LogP contribution >= 0.6 is 0 Å². The molecular formula is C62H38O. The Bertz CT molecular complexity index is 3840. The topological polar surface area (TPSA) is 13.1 Å². The zero-order valence-electron chi connectivity index (χ0n) is 34.3.